The predicted molar refractivity (Wildman–Crippen MR) is 111 cm³/mol. The number of ether oxygens (including phenoxy) is 1. The van der Waals surface area contributed by atoms with E-state index in [-0.39, 0.29) is 5.91 Å². The highest BCUT2D eigenvalue weighted by Crippen LogP contribution is 2.38. The van der Waals surface area contributed by atoms with Gasteiger partial charge in [0.1, 0.15) is 0 Å². The number of hydrogen-bond donors (Lipinski definition) is 1. The lowest BCUT2D eigenvalue weighted by Gasteiger charge is -2.26. The van der Waals surface area contributed by atoms with Crippen molar-refractivity contribution in [1.29, 1.82) is 0 Å². The van der Waals surface area contributed by atoms with Crippen LogP contribution in [0.5, 0.6) is 0 Å². The first kappa shape index (κ1) is 18.2. The van der Waals surface area contributed by atoms with E-state index in [0.717, 1.165) is 65.4 Å². The first-order chi connectivity index (χ1) is 13.3. The maximum absolute atomic E-state index is 13.0. The Bertz CT molecular complexity index is 901. The minimum absolute atomic E-state index is 0.0216. The molecule has 5 heteroatoms. The van der Waals surface area contributed by atoms with E-state index >= 15 is 0 Å². The third kappa shape index (κ3) is 4.21. The predicted octanol–water partition coefficient (Wildman–Crippen LogP) is 4.02. The van der Waals surface area contributed by atoms with Crippen molar-refractivity contribution in [3.8, 4) is 10.4 Å². The number of nitrogens with one attached hydrogen (secondary N) is 1. The normalized spacial score (nSPS) is 15.1. The number of morpholine rings is 1. The van der Waals surface area contributed by atoms with E-state index in [1.165, 1.54) is 0 Å². The Hall–Kier alpha value is -2.21. The van der Waals surface area contributed by atoms with Gasteiger partial charge in [0.15, 0.2) is 0 Å². The number of carbonyl (C=O) groups excluding carboxylic acids is 1. The summed E-state index contributed by atoms with van der Waals surface area (Å²) in [4.78, 5) is 16.5. The van der Waals surface area contributed by atoms with Crippen molar-refractivity contribution in [3.63, 3.8) is 0 Å². The number of benzene rings is 2. The lowest BCUT2D eigenvalue weighted by Crippen LogP contribution is -2.38. The second kappa shape index (κ2) is 8.65. The van der Waals surface area contributed by atoms with E-state index in [1.54, 1.807) is 11.3 Å². The summed E-state index contributed by atoms with van der Waals surface area (Å²) in [6.45, 7) is 5.29. The molecule has 1 aromatic heterocycles. The number of carbonyl (C=O) groups is 1. The van der Waals surface area contributed by atoms with Crippen molar-refractivity contribution in [2.45, 2.75) is 6.42 Å². The van der Waals surface area contributed by atoms with Crippen LogP contribution in [0.15, 0.2) is 54.6 Å². The van der Waals surface area contributed by atoms with E-state index in [0.29, 0.717) is 6.54 Å². The summed E-state index contributed by atoms with van der Waals surface area (Å²) in [6, 6.07) is 18.3. The molecule has 2 aromatic carbocycles. The Kier molecular flexibility index (Phi) is 5.82. The molecule has 1 fully saturated rings. The molecule has 140 valence electrons. The largest absolute Gasteiger partial charge is 0.379 e. The van der Waals surface area contributed by atoms with E-state index in [4.69, 9.17) is 4.74 Å². The molecule has 0 bridgehead atoms. The number of rotatable bonds is 6. The molecule has 1 N–H and O–H groups in total. The van der Waals surface area contributed by atoms with Crippen molar-refractivity contribution in [2.75, 3.05) is 39.4 Å². The van der Waals surface area contributed by atoms with Crippen LogP contribution in [0.25, 0.3) is 20.5 Å². The number of hydrogen-bond acceptors (Lipinski definition) is 4. The van der Waals surface area contributed by atoms with Crippen LogP contribution < -0.4 is 5.32 Å². The molecule has 3 aromatic rings. The summed E-state index contributed by atoms with van der Waals surface area (Å²) in [7, 11) is 0. The maximum atomic E-state index is 13.0. The second-order valence-corrected chi connectivity index (χ2v) is 7.78. The van der Waals surface area contributed by atoms with Crippen LogP contribution in [0.1, 0.15) is 16.8 Å². The van der Waals surface area contributed by atoms with E-state index in [1.807, 2.05) is 36.4 Å². The first-order valence-electron chi connectivity index (χ1n) is 9.48. The molecule has 4 rings (SSSR count). The van der Waals surface area contributed by atoms with Crippen LogP contribution in [0.4, 0.5) is 0 Å². The summed E-state index contributed by atoms with van der Waals surface area (Å²) in [6.07, 6.45) is 0.953. The third-order valence-corrected chi connectivity index (χ3v) is 6.12. The fourth-order valence-electron chi connectivity index (χ4n) is 3.48. The van der Waals surface area contributed by atoms with Crippen molar-refractivity contribution in [2.24, 2.45) is 0 Å². The molecule has 2 heterocycles. The fourth-order valence-corrected chi connectivity index (χ4v) is 4.69. The fraction of sp³-hybridized carbons (Fsp3) is 0.318. The number of thiophene rings is 1. The molecule has 0 unspecified atom stereocenters. The van der Waals surface area contributed by atoms with Crippen LogP contribution in [0, 0.1) is 0 Å². The molecule has 0 spiro atoms. The van der Waals surface area contributed by atoms with Gasteiger partial charge in [-0.1, -0.05) is 48.5 Å². The Morgan fingerprint density at radius 2 is 1.78 bits per heavy atom. The average molecular weight is 381 g/mol. The highest BCUT2D eigenvalue weighted by atomic mass is 32.1. The molecule has 1 aliphatic heterocycles. The highest BCUT2D eigenvalue weighted by molar-refractivity contribution is 7.22. The smallest absolute Gasteiger partial charge is 0.253 e. The third-order valence-electron chi connectivity index (χ3n) is 4.90. The first-order valence-corrected chi connectivity index (χ1v) is 10.3. The molecular weight excluding hydrogens is 356 g/mol. The van der Waals surface area contributed by atoms with Gasteiger partial charge in [0, 0.05) is 34.6 Å². The molecule has 1 aliphatic rings. The molecule has 0 saturated carbocycles. The second-order valence-electron chi connectivity index (χ2n) is 6.73. The molecule has 27 heavy (non-hydrogen) atoms. The van der Waals surface area contributed by atoms with Gasteiger partial charge < -0.3 is 10.1 Å². The minimum atomic E-state index is 0.0216. The van der Waals surface area contributed by atoms with E-state index < -0.39 is 0 Å². The quantitative estimate of drug-likeness (QED) is 0.657. The molecule has 4 nitrogen and oxygen atoms in total. The molecule has 1 amide bonds. The maximum Gasteiger partial charge on any atom is 0.253 e. The molecule has 0 aliphatic carbocycles. The van der Waals surface area contributed by atoms with Gasteiger partial charge in [-0.25, -0.2) is 0 Å². The van der Waals surface area contributed by atoms with Crippen molar-refractivity contribution in [3.05, 3.63) is 60.2 Å². The van der Waals surface area contributed by atoms with Gasteiger partial charge in [0.05, 0.1) is 18.8 Å². The number of amides is 1. The molecule has 1 saturated heterocycles. The number of nitrogens with zero attached hydrogens (tertiary/aromatic N) is 1. The lowest BCUT2D eigenvalue weighted by atomic mass is 10.1. The molecular formula is C22H24N2O2S. The van der Waals surface area contributed by atoms with Gasteiger partial charge in [-0.05, 0) is 24.6 Å². The standard InChI is InChI=1S/C22H24N2O2S/c25-22(23-11-6-12-24-13-15-26-16-14-24)20-18-9-4-5-10-19(18)27-21(20)17-7-2-1-3-8-17/h1-5,7-10H,6,11-16H2,(H,23,25). The van der Waals surface area contributed by atoms with Gasteiger partial charge in [-0.3, -0.25) is 9.69 Å². The van der Waals surface area contributed by atoms with Gasteiger partial charge >= 0.3 is 0 Å². The van der Waals surface area contributed by atoms with Crippen LogP contribution >= 0.6 is 11.3 Å². The monoisotopic (exact) mass is 380 g/mol. The topological polar surface area (TPSA) is 41.6 Å². The van der Waals surface area contributed by atoms with Crippen molar-refractivity contribution in [1.82, 2.24) is 10.2 Å². The Balaban J connectivity index is 1.49. The van der Waals surface area contributed by atoms with Crippen molar-refractivity contribution >= 4 is 27.3 Å². The minimum Gasteiger partial charge on any atom is -0.379 e. The Labute approximate surface area is 163 Å². The van der Waals surface area contributed by atoms with Gasteiger partial charge in [0.2, 0.25) is 0 Å². The number of fused-ring (bicyclic) bond motifs is 1. The zero-order chi connectivity index (χ0) is 18.5. The summed E-state index contributed by atoms with van der Waals surface area (Å²) in [5.41, 5.74) is 1.89. The Morgan fingerprint density at radius 3 is 2.59 bits per heavy atom. The zero-order valence-corrected chi connectivity index (χ0v) is 16.1. The summed E-state index contributed by atoms with van der Waals surface area (Å²) in [5, 5.41) is 4.17. The van der Waals surface area contributed by atoms with Gasteiger partial charge in [0.25, 0.3) is 5.91 Å². The summed E-state index contributed by atoms with van der Waals surface area (Å²) in [5.74, 6) is 0.0216. The van der Waals surface area contributed by atoms with Crippen molar-refractivity contribution < 1.29 is 9.53 Å². The SMILES string of the molecule is O=C(NCCCN1CCOCC1)c1c(-c2ccccc2)sc2ccccc12. The van der Waals surface area contributed by atoms with Crippen LogP contribution in [0.3, 0.4) is 0 Å². The average Bonchev–Trinajstić information content (AvgIpc) is 3.12. The zero-order valence-electron chi connectivity index (χ0n) is 15.3. The highest BCUT2D eigenvalue weighted by Gasteiger charge is 2.19. The molecule has 0 radical (unpaired) electrons. The van der Waals surface area contributed by atoms with E-state index in [9.17, 15) is 4.79 Å². The summed E-state index contributed by atoms with van der Waals surface area (Å²) < 4.78 is 6.53. The van der Waals surface area contributed by atoms with E-state index in [2.05, 4.69) is 28.4 Å². The van der Waals surface area contributed by atoms with Gasteiger partial charge in [-0.15, -0.1) is 11.3 Å². The van der Waals surface area contributed by atoms with Crippen LogP contribution in [-0.2, 0) is 4.74 Å². The summed E-state index contributed by atoms with van der Waals surface area (Å²) >= 11 is 1.68. The van der Waals surface area contributed by atoms with Crippen LogP contribution in [-0.4, -0.2) is 50.2 Å². The lowest BCUT2D eigenvalue weighted by molar-refractivity contribution is 0.0374. The molecule has 0 atom stereocenters. The Morgan fingerprint density at radius 1 is 1.04 bits per heavy atom. The van der Waals surface area contributed by atoms with Crippen LogP contribution in [0.2, 0.25) is 0 Å². The van der Waals surface area contributed by atoms with Gasteiger partial charge in [-0.2, -0.15) is 0 Å².